The number of amides is 1. The molecule has 1 aromatic heterocycles. The summed E-state index contributed by atoms with van der Waals surface area (Å²) in [6, 6.07) is 11.7. The lowest BCUT2D eigenvalue weighted by atomic mass is 10.1. The minimum atomic E-state index is -0.569. The molecule has 0 saturated heterocycles. The van der Waals surface area contributed by atoms with E-state index >= 15 is 0 Å². The molecule has 1 aliphatic rings. The van der Waals surface area contributed by atoms with Crippen molar-refractivity contribution in [3.63, 3.8) is 0 Å². The van der Waals surface area contributed by atoms with Gasteiger partial charge in [0.15, 0.2) is 11.6 Å². The Morgan fingerprint density at radius 1 is 1.22 bits per heavy atom. The highest BCUT2D eigenvalue weighted by Gasteiger charge is 2.17. The van der Waals surface area contributed by atoms with Crippen LogP contribution in [0, 0.1) is 5.82 Å². The molecule has 4 rings (SSSR count). The van der Waals surface area contributed by atoms with Crippen LogP contribution in [0.5, 0.6) is 5.75 Å². The summed E-state index contributed by atoms with van der Waals surface area (Å²) < 4.78 is 21.0. The molecule has 5 nitrogen and oxygen atoms in total. The highest BCUT2D eigenvalue weighted by molar-refractivity contribution is 6.06. The zero-order valence-corrected chi connectivity index (χ0v) is 15.0. The van der Waals surface area contributed by atoms with E-state index < -0.39 is 5.82 Å². The summed E-state index contributed by atoms with van der Waals surface area (Å²) in [6.07, 6.45) is 5.31. The maximum absolute atomic E-state index is 13.9. The van der Waals surface area contributed by atoms with Crippen molar-refractivity contribution in [2.45, 2.75) is 25.8 Å². The van der Waals surface area contributed by atoms with E-state index in [-0.39, 0.29) is 17.2 Å². The third-order valence-corrected chi connectivity index (χ3v) is 4.77. The molecule has 2 aromatic carbocycles. The van der Waals surface area contributed by atoms with E-state index in [1.165, 1.54) is 25.3 Å². The average Bonchev–Trinajstić information content (AvgIpc) is 3.12. The standard InChI is InChI=1S/C21H20FN3O2/c1-27-19-10-9-14(12-16(19)22)21(26)24-17-7-3-2-6-15(17)18-13-25-11-5-4-8-20(25)23-18/h2-3,6-7,9-10,12-13H,4-5,8,11H2,1H3,(H,24,26). The first-order chi connectivity index (χ1) is 13.2. The normalized spacial score (nSPS) is 13.1. The smallest absolute Gasteiger partial charge is 0.255 e. The molecule has 0 aliphatic carbocycles. The molecule has 0 radical (unpaired) electrons. The number of carbonyl (C=O) groups is 1. The number of fused-ring (bicyclic) bond motifs is 1. The lowest BCUT2D eigenvalue weighted by Crippen LogP contribution is -2.13. The molecule has 3 aromatic rings. The number of aryl methyl sites for hydroxylation is 2. The maximum atomic E-state index is 13.9. The fourth-order valence-corrected chi connectivity index (χ4v) is 3.36. The van der Waals surface area contributed by atoms with Gasteiger partial charge in [-0.2, -0.15) is 0 Å². The number of para-hydroxylation sites is 1. The van der Waals surface area contributed by atoms with Gasteiger partial charge < -0.3 is 14.6 Å². The summed E-state index contributed by atoms with van der Waals surface area (Å²) >= 11 is 0. The summed E-state index contributed by atoms with van der Waals surface area (Å²) in [6.45, 7) is 0.974. The molecule has 27 heavy (non-hydrogen) atoms. The number of methoxy groups -OCH3 is 1. The van der Waals surface area contributed by atoms with E-state index in [9.17, 15) is 9.18 Å². The Hall–Kier alpha value is -3.15. The number of benzene rings is 2. The minimum Gasteiger partial charge on any atom is -0.494 e. The second kappa shape index (κ2) is 7.23. The van der Waals surface area contributed by atoms with E-state index in [1.807, 2.05) is 30.5 Å². The van der Waals surface area contributed by atoms with Gasteiger partial charge in [-0.05, 0) is 37.1 Å². The summed E-state index contributed by atoms with van der Waals surface area (Å²) in [5.74, 6) is 0.235. The number of hydrogen-bond donors (Lipinski definition) is 1. The topological polar surface area (TPSA) is 56.1 Å². The van der Waals surface area contributed by atoms with Crippen LogP contribution in [0.25, 0.3) is 11.3 Å². The van der Waals surface area contributed by atoms with Gasteiger partial charge in [0.2, 0.25) is 0 Å². The number of aromatic nitrogens is 2. The van der Waals surface area contributed by atoms with Gasteiger partial charge >= 0.3 is 0 Å². The number of nitrogens with zero attached hydrogens (tertiary/aromatic N) is 2. The van der Waals surface area contributed by atoms with E-state index in [0.29, 0.717) is 5.69 Å². The SMILES string of the molecule is COc1ccc(C(=O)Nc2ccccc2-c2cn3c(n2)CCCC3)cc1F. The zero-order chi connectivity index (χ0) is 18.8. The summed E-state index contributed by atoms with van der Waals surface area (Å²) in [7, 11) is 1.39. The molecule has 1 N–H and O–H groups in total. The number of hydrogen-bond acceptors (Lipinski definition) is 3. The third kappa shape index (κ3) is 3.43. The Kier molecular flexibility index (Phi) is 4.62. The van der Waals surface area contributed by atoms with Crippen molar-refractivity contribution in [1.29, 1.82) is 0 Å². The van der Waals surface area contributed by atoms with E-state index in [1.54, 1.807) is 0 Å². The molecule has 0 saturated carbocycles. The first-order valence-corrected chi connectivity index (χ1v) is 8.96. The number of ether oxygens (including phenoxy) is 1. The number of halogens is 1. The van der Waals surface area contributed by atoms with Crippen LogP contribution in [0.1, 0.15) is 29.0 Å². The van der Waals surface area contributed by atoms with Crippen LogP contribution in [0.2, 0.25) is 0 Å². The second-order valence-corrected chi connectivity index (χ2v) is 6.54. The van der Waals surface area contributed by atoms with Crippen LogP contribution in [-0.4, -0.2) is 22.6 Å². The Bertz CT molecular complexity index is 973. The largest absolute Gasteiger partial charge is 0.494 e. The molecule has 138 valence electrons. The first kappa shape index (κ1) is 17.3. The maximum Gasteiger partial charge on any atom is 0.255 e. The van der Waals surface area contributed by atoms with E-state index in [2.05, 4.69) is 9.88 Å². The predicted octanol–water partition coefficient (Wildman–Crippen LogP) is 4.29. The van der Waals surface area contributed by atoms with Gasteiger partial charge in [-0.25, -0.2) is 9.37 Å². The molecule has 6 heteroatoms. The molecule has 1 amide bonds. The van der Waals surface area contributed by atoms with Crippen LogP contribution in [0.15, 0.2) is 48.7 Å². The molecular weight excluding hydrogens is 345 g/mol. The van der Waals surface area contributed by atoms with Crippen molar-refractivity contribution in [3.05, 3.63) is 65.9 Å². The number of nitrogens with one attached hydrogen (secondary N) is 1. The van der Waals surface area contributed by atoms with Gasteiger partial charge in [-0.1, -0.05) is 18.2 Å². The number of rotatable bonds is 4. The minimum absolute atomic E-state index is 0.107. The fourth-order valence-electron chi connectivity index (χ4n) is 3.36. The highest BCUT2D eigenvalue weighted by Crippen LogP contribution is 2.29. The summed E-state index contributed by atoms with van der Waals surface area (Å²) in [5.41, 5.74) is 2.56. The molecular formula is C21H20FN3O2. The van der Waals surface area contributed by atoms with Crippen molar-refractivity contribution in [1.82, 2.24) is 9.55 Å². The predicted molar refractivity (Wildman–Crippen MR) is 102 cm³/mol. The van der Waals surface area contributed by atoms with Gasteiger partial charge in [0.1, 0.15) is 5.82 Å². The molecule has 0 atom stereocenters. The van der Waals surface area contributed by atoms with Crippen LogP contribution < -0.4 is 10.1 Å². The molecule has 2 heterocycles. The Labute approximate surface area is 156 Å². The third-order valence-electron chi connectivity index (χ3n) is 4.77. The Morgan fingerprint density at radius 2 is 2.07 bits per heavy atom. The van der Waals surface area contributed by atoms with Gasteiger partial charge in [0.05, 0.1) is 18.5 Å². The van der Waals surface area contributed by atoms with Crippen molar-refractivity contribution < 1.29 is 13.9 Å². The van der Waals surface area contributed by atoms with Crippen LogP contribution >= 0.6 is 0 Å². The second-order valence-electron chi connectivity index (χ2n) is 6.54. The van der Waals surface area contributed by atoms with Gasteiger partial charge in [-0.15, -0.1) is 0 Å². The van der Waals surface area contributed by atoms with Gasteiger partial charge in [-0.3, -0.25) is 4.79 Å². The molecule has 0 bridgehead atoms. The van der Waals surface area contributed by atoms with Crippen molar-refractivity contribution in [2.75, 3.05) is 12.4 Å². The van der Waals surface area contributed by atoms with Gasteiger partial charge in [0.25, 0.3) is 5.91 Å². The Morgan fingerprint density at radius 3 is 2.85 bits per heavy atom. The van der Waals surface area contributed by atoms with E-state index in [0.717, 1.165) is 42.9 Å². The van der Waals surface area contributed by atoms with Gasteiger partial charge in [0, 0.05) is 30.3 Å². The van der Waals surface area contributed by atoms with E-state index in [4.69, 9.17) is 9.72 Å². The average molecular weight is 365 g/mol. The van der Waals surface area contributed by atoms with Crippen molar-refractivity contribution in [3.8, 4) is 17.0 Å². The summed E-state index contributed by atoms with van der Waals surface area (Å²) in [4.78, 5) is 17.3. The van der Waals surface area contributed by atoms with Crippen molar-refractivity contribution >= 4 is 11.6 Å². The number of imidazole rings is 1. The lowest BCUT2D eigenvalue weighted by molar-refractivity contribution is 0.102. The highest BCUT2D eigenvalue weighted by atomic mass is 19.1. The van der Waals surface area contributed by atoms with Crippen LogP contribution in [0.3, 0.4) is 0 Å². The molecule has 0 spiro atoms. The molecule has 0 unspecified atom stereocenters. The quantitative estimate of drug-likeness (QED) is 0.750. The number of anilines is 1. The fraction of sp³-hybridized carbons (Fsp3) is 0.238. The summed E-state index contributed by atoms with van der Waals surface area (Å²) in [5, 5.41) is 2.87. The van der Waals surface area contributed by atoms with Crippen LogP contribution in [0.4, 0.5) is 10.1 Å². The Balaban J connectivity index is 1.62. The van der Waals surface area contributed by atoms with Crippen molar-refractivity contribution in [2.24, 2.45) is 0 Å². The molecule has 1 aliphatic heterocycles. The lowest BCUT2D eigenvalue weighted by Gasteiger charge is -2.11. The van der Waals surface area contributed by atoms with Crippen LogP contribution in [-0.2, 0) is 13.0 Å². The first-order valence-electron chi connectivity index (χ1n) is 8.96. The monoisotopic (exact) mass is 365 g/mol. The molecule has 0 fully saturated rings. The number of carbonyl (C=O) groups excluding carboxylic acids is 1. The zero-order valence-electron chi connectivity index (χ0n) is 15.0.